The molecule has 4 rings (SSSR count). The highest BCUT2D eigenvalue weighted by Gasteiger charge is 2.17. The Morgan fingerprint density at radius 3 is 2.70 bits per heavy atom. The Bertz CT molecular complexity index is 1140. The van der Waals surface area contributed by atoms with Gasteiger partial charge in [0.05, 0.1) is 11.6 Å². The van der Waals surface area contributed by atoms with Crippen LogP contribution in [-0.4, -0.2) is 30.3 Å². The summed E-state index contributed by atoms with van der Waals surface area (Å²) in [5.74, 6) is 1.52. The predicted molar refractivity (Wildman–Crippen MR) is 113 cm³/mol. The first-order valence-electron chi connectivity index (χ1n) is 10.0. The van der Waals surface area contributed by atoms with Gasteiger partial charge in [-0.2, -0.15) is 0 Å². The van der Waals surface area contributed by atoms with E-state index in [1.807, 2.05) is 56.3 Å². The zero-order valence-electron chi connectivity index (χ0n) is 17.0. The number of ether oxygens (including phenoxy) is 3. The minimum Gasteiger partial charge on any atom is -0.486 e. The molecule has 1 aliphatic heterocycles. The van der Waals surface area contributed by atoms with Crippen LogP contribution in [0.25, 0.3) is 10.9 Å². The number of benzene rings is 2. The van der Waals surface area contributed by atoms with Crippen molar-refractivity contribution in [2.45, 2.75) is 26.4 Å². The van der Waals surface area contributed by atoms with Crippen LogP contribution in [0.2, 0.25) is 0 Å². The topological polar surface area (TPSA) is 78.8 Å². The van der Waals surface area contributed by atoms with Crippen LogP contribution >= 0.6 is 0 Å². The first-order chi connectivity index (χ1) is 14.6. The maximum atomic E-state index is 12.5. The number of aromatic nitrogens is 1. The van der Waals surface area contributed by atoms with Crippen molar-refractivity contribution in [3.8, 4) is 17.2 Å². The molecule has 2 heterocycles. The van der Waals surface area contributed by atoms with Crippen molar-refractivity contribution in [1.29, 1.82) is 0 Å². The van der Waals surface area contributed by atoms with Gasteiger partial charge in [0.15, 0.2) is 18.1 Å². The summed E-state index contributed by atoms with van der Waals surface area (Å²) in [4.78, 5) is 24.8. The summed E-state index contributed by atoms with van der Waals surface area (Å²) < 4.78 is 18.5. The fourth-order valence-corrected chi connectivity index (χ4v) is 3.59. The minimum absolute atomic E-state index is 0.156. The highest BCUT2D eigenvalue weighted by molar-refractivity contribution is 5.86. The Balaban J connectivity index is 1.45. The predicted octanol–water partition coefficient (Wildman–Crippen LogP) is 3.05. The Morgan fingerprint density at radius 1 is 1.13 bits per heavy atom. The molecular weight excluding hydrogens is 384 g/mol. The third-order valence-electron chi connectivity index (χ3n) is 5.10. The Kier molecular flexibility index (Phi) is 5.61. The first kappa shape index (κ1) is 19.8. The fraction of sp³-hybridized carbons (Fsp3) is 0.304. The molecule has 0 unspecified atom stereocenters. The summed E-state index contributed by atoms with van der Waals surface area (Å²) in [7, 11) is 0. The lowest BCUT2D eigenvalue weighted by molar-refractivity contribution is -0.123. The number of pyridine rings is 1. The van der Waals surface area contributed by atoms with Crippen molar-refractivity contribution in [3.63, 3.8) is 0 Å². The van der Waals surface area contributed by atoms with E-state index < -0.39 is 0 Å². The van der Waals surface area contributed by atoms with Gasteiger partial charge in [-0.25, -0.2) is 0 Å². The molecule has 1 amide bonds. The molecule has 1 atom stereocenters. The lowest BCUT2D eigenvalue weighted by Gasteiger charge is -2.21. The molecule has 156 valence electrons. The monoisotopic (exact) mass is 408 g/mol. The van der Waals surface area contributed by atoms with Gasteiger partial charge in [0.1, 0.15) is 19.0 Å². The van der Waals surface area contributed by atoms with Crippen molar-refractivity contribution < 1.29 is 19.0 Å². The highest BCUT2D eigenvalue weighted by Crippen LogP contribution is 2.32. The van der Waals surface area contributed by atoms with Gasteiger partial charge in [0.25, 0.3) is 11.5 Å². The highest BCUT2D eigenvalue weighted by atomic mass is 16.6. The van der Waals surface area contributed by atoms with Crippen LogP contribution in [0.3, 0.4) is 0 Å². The van der Waals surface area contributed by atoms with E-state index in [-0.39, 0.29) is 24.1 Å². The van der Waals surface area contributed by atoms with Crippen LogP contribution in [0.4, 0.5) is 0 Å². The number of para-hydroxylation sites is 1. The molecule has 0 aliphatic carbocycles. The Morgan fingerprint density at radius 2 is 1.90 bits per heavy atom. The molecule has 0 saturated heterocycles. The molecule has 0 saturated carbocycles. The summed E-state index contributed by atoms with van der Waals surface area (Å²) in [6.45, 7) is 5.23. The summed E-state index contributed by atoms with van der Waals surface area (Å²) >= 11 is 0. The van der Waals surface area contributed by atoms with Crippen LogP contribution < -0.4 is 25.1 Å². The molecule has 0 bridgehead atoms. The average Bonchev–Trinajstić information content (AvgIpc) is 2.77. The van der Waals surface area contributed by atoms with E-state index in [1.54, 1.807) is 4.57 Å². The molecule has 2 aromatic carbocycles. The number of rotatable bonds is 6. The number of nitrogens with zero attached hydrogens (tertiary/aromatic N) is 1. The normalized spacial score (nSPS) is 13.7. The molecule has 0 fully saturated rings. The maximum Gasteiger partial charge on any atom is 0.258 e. The van der Waals surface area contributed by atoms with E-state index in [9.17, 15) is 9.59 Å². The number of nitrogens with one attached hydrogen (secondary N) is 1. The van der Waals surface area contributed by atoms with E-state index in [2.05, 4.69) is 5.32 Å². The molecule has 1 N–H and O–H groups in total. The number of carbonyl (C=O) groups is 1. The van der Waals surface area contributed by atoms with Gasteiger partial charge in [-0.15, -0.1) is 0 Å². The number of aryl methyl sites for hydroxylation is 1. The van der Waals surface area contributed by atoms with Gasteiger partial charge >= 0.3 is 0 Å². The fourth-order valence-electron chi connectivity index (χ4n) is 3.59. The Labute approximate surface area is 174 Å². The molecule has 0 radical (unpaired) electrons. The van der Waals surface area contributed by atoms with Crippen LogP contribution in [0, 0.1) is 0 Å². The number of fused-ring (bicyclic) bond motifs is 2. The summed E-state index contributed by atoms with van der Waals surface area (Å²) in [6, 6.07) is 14.3. The largest absolute Gasteiger partial charge is 0.486 e. The van der Waals surface area contributed by atoms with Gasteiger partial charge < -0.3 is 24.1 Å². The van der Waals surface area contributed by atoms with Gasteiger partial charge in [-0.3, -0.25) is 9.59 Å². The number of carbonyl (C=O) groups excluding carboxylic acids is 1. The molecule has 1 aromatic heterocycles. The van der Waals surface area contributed by atoms with Crippen molar-refractivity contribution in [2.24, 2.45) is 0 Å². The second-order valence-corrected chi connectivity index (χ2v) is 7.09. The van der Waals surface area contributed by atoms with E-state index >= 15 is 0 Å². The zero-order chi connectivity index (χ0) is 21.1. The first-order valence-corrected chi connectivity index (χ1v) is 10.0. The van der Waals surface area contributed by atoms with Gasteiger partial charge in [-0.05, 0) is 43.7 Å². The third kappa shape index (κ3) is 3.96. The minimum atomic E-state index is -0.277. The van der Waals surface area contributed by atoms with Crippen molar-refractivity contribution in [2.75, 3.05) is 19.8 Å². The SMILES string of the molecule is CCn1c(=O)cc(OCC(=O)N[C@@H](C)c2ccc3c(c2)OCCO3)c2ccccc21. The van der Waals surface area contributed by atoms with Crippen molar-refractivity contribution in [3.05, 3.63) is 64.4 Å². The molecule has 1 aliphatic rings. The lowest BCUT2D eigenvalue weighted by Crippen LogP contribution is -2.31. The van der Waals surface area contributed by atoms with E-state index in [0.29, 0.717) is 37.0 Å². The molecule has 7 nitrogen and oxygen atoms in total. The molecule has 7 heteroatoms. The number of hydrogen-bond acceptors (Lipinski definition) is 5. The van der Waals surface area contributed by atoms with Gasteiger partial charge in [0, 0.05) is 18.0 Å². The van der Waals surface area contributed by atoms with Crippen molar-refractivity contribution in [1.82, 2.24) is 9.88 Å². The zero-order valence-corrected chi connectivity index (χ0v) is 17.0. The van der Waals surface area contributed by atoms with E-state index in [4.69, 9.17) is 14.2 Å². The quantitative estimate of drug-likeness (QED) is 0.678. The van der Waals surface area contributed by atoms with Crippen LogP contribution in [-0.2, 0) is 11.3 Å². The maximum absolute atomic E-state index is 12.5. The summed E-state index contributed by atoms with van der Waals surface area (Å²) in [5.41, 5.74) is 1.53. The molecular formula is C23H24N2O5. The number of hydrogen-bond donors (Lipinski definition) is 1. The molecule has 0 spiro atoms. The molecule has 30 heavy (non-hydrogen) atoms. The van der Waals surface area contributed by atoms with Crippen LogP contribution in [0.1, 0.15) is 25.5 Å². The van der Waals surface area contributed by atoms with Crippen LogP contribution in [0.5, 0.6) is 17.2 Å². The smallest absolute Gasteiger partial charge is 0.258 e. The van der Waals surface area contributed by atoms with E-state index in [0.717, 1.165) is 16.5 Å². The van der Waals surface area contributed by atoms with Gasteiger partial charge in [0.2, 0.25) is 0 Å². The standard InChI is InChI=1S/C23H24N2O5/c1-3-25-18-7-5-4-6-17(18)20(13-23(25)27)30-14-22(26)24-15(2)16-8-9-19-21(12-16)29-11-10-28-19/h4-9,12-13,15H,3,10-11,14H2,1-2H3,(H,24,26)/t15-/m0/s1. The third-order valence-corrected chi connectivity index (χ3v) is 5.10. The molecule has 3 aromatic rings. The van der Waals surface area contributed by atoms with Crippen LogP contribution in [0.15, 0.2) is 53.3 Å². The van der Waals surface area contributed by atoms with E-state index in [1.165, 1.54) is 6.07 Å². The average molecular weight is 408 g/mol. The lowest BCUT2D eigenvalue weighted by atomic mass is 10.1. The number of amides is 1. The second-order valence-electron chi connectivity index (χ2n) is 7.09. The summed E-state index contributed by atoms with van der Waals surface area (Å²) in [6.07, 6.45) is 0. The van der Waals surface area contributed by atoms with Gasteiger partial charge in [-0.1, -0.05) is 18.2 Å². The summed E-state index contributed by atoms with van der Waals surface area (Å²) in [5, 5.41) is 3.71. The van der Waals surface area contributed by atoms with Crippen molar-refractivity contribution >= 4 is 16.8 Å². The second kappa shape index (κ2) is 8.49. The Hall–Kier alpha value is -3.48.